The minimum absolute atomic E-state index is 0.0864. The SMILES string of the molecule is COc1c(C)cc([C@H]2O[C@@H](CC(=O)O)C[C@@H](C)O2)c2c1C(=O)OC2. The molecular weight excluding hydrogens is 316 g/mol. The van der Waals surface area contributed by atoms with Gasteiger partial charge in [-0.3, -0.25) is 4.79 Å². The Balaban J connectivity index is 1.99. The van der Waals surface area contributed by atoms with Gasteiger partial charge in [0.05, 0.1) is 25.7 Å². The lowest BCUT2D eigenvalue weighted by Crippen LogP contribution is -2.34. The van der Waals surface area contributed by atoms with E-state index in [9.17, 15) is 9.59 Å². The summed E-state index contributed by atoms with van der Waals surface area (Å²) in [6.45, 7) is 3.83. The van der Waals surface area contributed by atoms with Crippen LogP contribution < -0.4 is 4.74 Å². The Morgan fingerprint density at radius 3 is 2.83 bits per heavy atom. The number of carboxylic acid groups (broad SMARTS) is 1. The van der Waals surface area contributed by atoms with Gasteiger partial charge in [-0.1, -0.05) is 0 Å². The molecule has 0 aliphatic carbocycles. The van der Waals surface area contributed by atoms with E-state index in [1.54, 1.807) is 0 Å². The predicted molar refractivity (Wildman–Crippen MR) is 81.9 cm³/mol. The van der Waals surface area contributed by atoms with Crippen LogP contribution in [0.25, 0.3) is 0 Å². The van der Waals surface area contributed by atoms with Gasteiger partial charge in [0.1, 0.15) is 17.9 Å². The summed E-state index contributed by atoms with van der Waals surface area (Å²) >= 11 is 0. The molecule has 2 aliphatic heterocycles. The molecule has 2 heterocycles. The molecule has 0 spiro atoms. The van der Waals surface area contributed by atoms with Crippen LogP contribution in [0.1, 0.15) is 53.1 Å². The molecular formula is C17H20O7. The van der Waals surface area contributed by atoms with Crippen molar-refractivity contribution in [2.75, 3.05) is 7.11 Å². The number of carbonyl (C=O) groups is 2. The van der Waals surface area contributed by atoms with Crippen LogP contribution in [-0.2, 0) is 25.6 Å². The van der Waals surface area contributed by atoms with Crippen molar-refractivity contribution in [1.82, 2.24) is 0 Å². The van der Waals surface area contributed by atoms with Crippen molar-refractivity contribution in [2.45, 2.75) is 51.8 Å². The van der Waals surface area contributed by atoms with E-state index in [4.69, 9.17) is 24.1 Å². The third kappa shape index (κ3) is 2.97. The summed E-state index contributed by atoms with van der Waals surface area (Å²) in [7, 11) is 1.51. The maximum atomic E-state index is 12.0. The number of esters is 1. The largest absolute Gasteiger partial charge is 0.496 e. The fourth-order valence-electron chi connectivity index (χ4n) is 3.29. The lowest BCUT2D eigenvalue weighted by Gasteiger charge is -2.34. The molecule has 3 atom stereocenters. The summed E-state index contributed by atoms with van der Waals surface area (Å²) < 4.78 is 22.2. The van der Waals surface area contributed by atoms with E-state index < -0.39 is 24.3 Å². The van der Waals surface area contributed by atoms with E-state index in [1.165, 1.54) is 7.11 Å². The smallest absolute Gasteiger partial charge is 0.342 e. The normalized spacial score (nSPS) is 26.0. The maximum Gasteiger partial charge on any atom is 0.342 e. The summed E-state index contributed by atoms with van der Waals surface area (Å²) in [4.78, 5) is 23.0. The zero-order chi connectivity index (χ0) is 17.4. The number of benzene rings is 1. The average Bonchev–Trinajstić information content (AvgIpc) is 2.87. The number of rotatable bonds is 4. The molecule has 0 aromatic heterocycles. The van der Waals surface area contributed by atoms with Crippen molar-refractivity contribution in [3.05, 3.63) is 28.3 Å². The number of aryl methyl sites for hydroxylation is 1. The number of hydrogen-bond donors (Lipinski definition) is 1. The molecule has 2 aliphatic rings. The minimum Gasteiger partial charge on any atom is -0.496 e. The highest BCUT2D eigenvalue weighted by atomic mass is 16.7. The zero-order valence-corrected chi connectivity index (χ0v) is 13.8. The molecule has 1 aromatic carbocycles. The molecule has 0 bridgehead atoms. The van der Waals surface area contributed by atoms with Crippen LogP contribution >= 0.6 is 0 Å². The van der Waals surface area contributed by atoms with Crippen molar-refractivity contribution < 1.29 is 33.6 Å². The van der Waals surface area contributed by atoms with Crippen molar-refractivity contribution in [3.63, 3.8) is 0 Å². The maximum absolute atomic E-state index is 12.0. The summed E-state index contributed by atoms with van der Waals surface area (Å²) in [6, 6.07) is 1.85. The van der Waals surface area contributed by atoms with E-state index in [2.05, 4.69) is 0 Å². The van der Waals surface area contributed by atoms with Crippen molar-refractivity contribution in [1.29, 1.82) is 0 Å². The van der Waals surface area contributed by atoms with Gasteiger partial charge in [-0.25, -0.2) is 4.79 Å². The molecule has 1 saturated heterocycles. The van der Waals surface area contributed by atoms with E-state index in [-0.39, 0.29) is 19.1 Å². The predicted octanol–water partition coefficient (Wildman–Crippen LogP) is 2.34. The van der Waals surface area contributed by atoms with Crippen LogP contribution in [-0.4, -0.2) is 36.4 Å². The van der Waals surface area contributed by atoms with Crippen molar-refractivity contribution in [2.24, 2.45) is 0 Å². The highest BCUT2D eigenvalue weighted by Gasteiger charge is 2.36. The molecule has 7 heteroatoms. The van der Waals surface area contributed by atoms with Gasteiger partial charge in [-0.05, 0) is 25.5 Å². The van der Waals surface area contributed by atoms with Gasteiger partial charge in [0.15, 0.2) is 6.29 Å². The number of fused-ring (bicyclic) bond motifs is 1. The van der Waals surface area contributed by atoms with Gasteiger partial charge >= 0.3 is 11.9 Å². The monoisotopic (exact) mass is 336 g/mol. The lowest BCUT2D eigenvalue weighted by molar-refractivity contribution is -0.245. The molecule has 130 valence electrons. The lowest BCUT2D eigenvalue weighted by atomic mass is 9.97. The molecule has 0 unspecified atom stereocenters. The van der Waals surface area contributed by atoms with Crippen LogP contribution in [0.4, 0.5) is 0 Å². The first-order valence-corrected chi connectivity index (χ1v) is 7.81. The molecule has 1 N–H and O–H groups in total. The Kier molecular flexibility index (Phi) is 4.47. The van der Waals surface area contributed by atoms with Crippen molar-refractivity contribution in [3.8, 4) is 5.75 Å². The fourth-order valence-corrected chi connectivity index (χ4v) is 3.29. The number of carbonyl (C=O) groups excluding carboxylic acids is 1. The number of ether oxygens (including phenoxy) is 4. The third-order valence-electron chi connectivity index (χ3n) is 4.29. The molecule has 7 nitrogen and oxygen atoms in total. The van der Waals surface area contributed by atoms with Crippen LogP contribution in [0.15, 0.2) is 6.07 Å². The van der Waals surface area contributed by atoms with Crippen molar-refractivity contribution >= 4 is 11.9 Å². The number of aliphatic carboxylic acids is 1. The number of carboxylic acids is 1. The second kappa shape index (κ2) is 6.41. The quantitative estimate of drug-likeness (QED) is 0.844. The first-order valence-electron chi connectivity index (χ1n) is 7.81. The van der Waals surface area contributed by atoms with Gasteiger partial charge in [-0.2, -0.15) is 0 Å². The first kappa shape index (κ1) is 16.7. The first-order chi connectivity index (χ1) is 11.4. The third-order valence-corrected chi connectivity index (χ3v) is 4.29. The molecule has 0 amide bonds. The fraction of sp³-hybridized carbons (Fsp3) is 0.529. The molecule has 24 heavy (non-hydrogen) atoms. The Morgan fingerprint density at radius 1 is 1.42 bits per heavy atom. The Labute approximate surface area is 139 Å². The van der Waals surface area contributed by atoms with Gasteiger partial charge < -0.3 is 24.1 Å². The average molecular weight is 336 g/mol. The summed E-state index contributed by atoms with van der Waals surface area (Å²) in [5.41, 5.74) is 2.53. The Hall–Kier alpha value is -2.12. The van der Waals surface area contributed by atoms with E-state index >= 15 is 0 Å². The van der Waals surface area contributed by atoms with Crippen LogP contribution in [0.3, 0.4) is 0 Å². The minimum atomic E-state index is -0.914. The van der Waals surface area contributed by atoms with Crippen LogP contribution in [0, 0.1) is 6.92 Å². The molecule has 0 radical (unpaired) electrons. The summed E-state index contributed by atoms with van der Waals surface area (Å²) in [6.07, 6.45) is -0.894. The summed E-state index contributed by atoms with van der Waals surface area (Å²) in [5.74, 6) is -0.859. The second-order valence-electron chi connectivity index (χ2n) is 6.12. The second-order valence-corrected chi connectivity index (χ2v) is 6.12. The topological polar surface area (TPSA) is 91.3 Å². The standard InChI is InChI=1S/C17H20O7/c1-8-4-11(12-7-22-16(20)14(12)15(8)21-3)17-23-9(2)5-10(24-17)6-13(18)19/h4,9-10,17H,5-7H2,1-3H3,(H,18,19)/t9-,10-,17-/m1/s1. The molecule has 1 aromatic rings. The highest BCUT2D eigenvalue weighted by Crippen LogP contribution is 2.41. The highest BCUT2D eigenvalue weighted by molar-refractivity contribution is 5.97. The van der Waals surface area contributed by atoms with E-state index in [0.29, 0.717) is 28.9 Å². The Morgan fingerprint density at radius 2 is 2.17 bits per heavy atom. The van der Waals surface area contributed by atoms with Gasteiger partial charge in [0, 0.05) is 17.5 Å². The number of cyclic esters (lactones) is 1. The number of hydrogen-bond acceptors (Lipinski definition) is 6. The van der Waals surface area contributed by atoms with Gasteiger partial charge in [0.2, 0.25) is 0 Å². The van der Waals surface area contributed by atoms with E-state index in [0.717, 1.165) is 5.56 Å². The molecule has 1 fully saturated rings. The molecule has 3 rings (SSSR count). The van der Waals surface area contributed by atoms with E-state index in [1.807, 2.05) is 19.9 Å². The zero-order valence-electron chi connectivity index (χ0n) is 13.8. The summed E-state index contributed by atoms with van der Waals surface area (Å²) in [5, 5.41) is 9.01. The Bertz CT molecular complexity index is 682. The van der Waals surface area contributed by atoms with Gasteiger partial charge in [0.25, 0.3) is 0 Å². The number of methoxy groups -OCH3 is 1. The van der Waals surface area contributed by atoms with Crippen LogP contribution in [0.5, 0.6) is 5.75 Å². The van der Waals surface area contributed by atoms with Crippen LogP contribution in [0.2, 0.25) is 0 Å². The van der Waals surface area contributed by atoms with Gasteiger partial charge in [-0.15, -0.1) is 0 Å². The molecule has 0 saturated carbocycles.